The van der Waals surface area contributed by atoms with E-state index < -0.39 is 23.0 Å². The highest BCUT2D eigenvalue weighted by molar-refractivity contribution is 5.93. The normalized spacial score (nSPS) is 11.8. The molecule has 0 saturated heterocycles. The largest absolute Gasteiger partial charge is 0.480 e. The van der Waals surface area contributed by atoms with Gasteiger partial charge in [-0.3, -0.25) is 10.1 Å². The van der Waals surface area contributed by atoms with Gasteiger partial charge in [0.15, 0.2) is 0 Å². The number of benzene rings is 1. The molecule has 0 bridgehead atoms. The van der Waals surface area contributed by atoms with Gasteiger partial charge in [0.05, 0.1) is 4.92 Å². The van der Waals surface area contributed by atoms with E-state index in [1.807, 2.05) is 0 Å². The fourth-order valence-electron chi connectivity index (χ4n) is 1.71. The van der Waals surface area contributed by atoms with E-state index >= 15 is 0 Å². The van der Waals surface area contributed by atoms with E-state index in [0.717, 1.165) is 0 Å². The van der Waals surface area contributed by atoms with Crippen molar-refractivity contribution in [1.29, 1.82) is 0 Å². The van der Waals surface area contributed by atoms with Crippen molar-refractivity contribution in [2.24, 2.45) is 5.92 Å². The predicted octanol–water partition coefficient (Wildman–Crippen LogP) is 2.13. The molecule has 0 fully saturated rings. The number of hydrogen-bond donors (Lipinski definition) is 3. The van der Waals surface area contributed by atoms with E-state index in [0.29, 0.717) is 11.3 Å². The van der Waals surface area contributed by atoms with E-state index in [2.05, 4.69) is 10.6 Å². The second-order valence-corrected chi connectivity index (χ2v) is 4.91. The Bertz CT molecular complexity index is 571. The Morgan fingerprint density at radius 3 is 2.38 bits per heavy atom. The third-order valence-corrected chi connectivity index (χ3v) is 2.89. The van der Waals surface area contributed by atoms with E-state index in [-0.39, 0.29) is 11.6 Å². The molecule has 1 aromatic carbocycles. The van der Waals surface area contributed by atoms with Gasteiger partial charge in [-0.15, -0.1) is 0 Å². The average Bonchev–Trinajstić information content (AvgIpc) is 2.37. The van der Waals surface area contributed by atoms with Gasteiger partial charge in [-0.2, -0.15) is 0 Å². The molecule has 1 rings (SSSR count). The van der Waals surface area contributed by atoms with Gasteiger partial charge in [0, 0.05) is 17.8 Å². The molecule has 8 heteroatoms. The van der Waals surface area contributed by atoms with Crippen molar-refractivity contribution in [3.05, 3.63) is 33.9 Å². The van der Waals surface area contributed by atoms with Crippen LogP contribution in [0.3, 0.4) is 0 Å². The molecule has 2 amide bonds. The van der Waals surface area contributed by atoms with Crippen molar-refractivity contribution in [3.63, 3.8) is 0 Å². The minimum absolute atomic E-state index is 0.0796. The molecule has 0 radical (unpaired) electrons. The van der Waals surface area contributed by atoms with Gasteiger partial charge in [0.2, 0.25) is 0 Å². The minimum atomic E-state index is -1.12. The standard InChI is InChI=1S/C13H17N3O5/c1-7(2)11(12(17)18)15-13(19)14-10-5-4-9(16(20)21)6-8(10)3/h4-7,11H,1-3H3,(H,17,18)(H2,14,15,19)/t11-/m1/s1. The monoisotopic (exact) mass is 295 g/mol. The summed E-state index contributed by atoms with van der Waals surface area (Å²) in [6, 6.07) is 2.31. The second-order valence-electron chi connectivity index (χ2n) is 4.91. The summed E-state index contributed by atoms with van der Waals surface area (Å²) in [6.07, 6.45) is 0. The fourth-order valence-corrected chi connectivity index (χ4v) is 1.71. The minimum Gasteiger partial charge on any atom is -0.480 e. The number of carbonyl (C=O) groups excluding carboxylic acids is 1. The predicted molar refractivity (Wildman–Crippen MR) is 76.2 cm³/mol. The van der Waals surface area contributed by atoms with Gasteiger partial charge >= 0.3 is 12.0 Å². The Hall–Kier alpha value is -2.64. The average molecular weight is 295 g/mol. The fraction of sp³-hybridized carbons (Fsp3) is 0.385. The van der Waals surface area contributed by atoms with Gasteiger partial charge in [0.25, 0.3) is 5.69 Å². The van der Waals surface area contributed by atoms with Crippen LogP contribution in [0.25, 0.3) is 0 Å². The number of carbonyl (C=O) groups is 2. The summed E-state index contributed by atoms with van der Waals surface area (Å²) in [5.74, 6) is -1.40. The van der Waals surface area contributed by atoms with E-state index in [1.54, 1.807) is 20.8 Å². The molecule has 1 aromatic rings. The van der Waals surface area contributed by atoms with Crippen molar-refractivity contribution >= 4 is 23.4 Å². The van der Waals surface area contributed by atoms with Gasteiger partial charge < -0.3 is 15.7 Å². The number of anilines is 1. The third-order valence-electron chi connectivity index (χ3n) is 2.89. The first kappa shape index (κ1) is 16.4. The molecule has 0 heterocycles. The lowest BCUT2D eigenvalue weighted by atomic mass is 10.1. The van der Waals surface area contributed by atoms with Gasteiger partial charge in [-0.1, -0.05) is 13.8 Å². The lowest BCUT2D eigenvalue weighted by Crippen LogP contribution is -2.46. The number of hydrogen-bond acceptors (Lipinski definition) is 4. The Morgan fingerprint density at radius 1 is 1.33 bits per heavy atom. The summed E-state index contributed by atoms with van der Waals surface area (Å²) in [4.78, 5) is 32.9. The lowest BCUT2D eigenvalue weighted by Gasteiger charge is -2.18. The molecule has 1 atom stereocenters. The van der Waals surface area contributed by atoms with Crippen molar-refractivity contribution in [2.45, 2.75) is 26.8 Å². The summed E-state index contributed by atoms with van der Waals surface area (Å²) in [6.45, 7) is 4.96. The van der Waals surface area contributed by atoms with Crippen molar-refractivity contribution in [2.75, 3.05) is 5.32 Å². The number of urea groups is 1. The summed E-state index contributed by atoms with van der Waals surface area (Å²) < 4.78 is 0. The summed E-state index contributed by atoms with van der Waals surface area (Å²) in [5.41, 5.74) is 0.811. The number of carboxylic acid groups (broad SMARTS) is 1. The zero-order valence-corrected chi connectivity index (χ0v) is 11.9. The van der Waals surface area contributed by atoms with Crippen molar-refractivity contribution in [3.8, 4) is 0 Å². The molecular formula is C13H17N3O5. The van der Waals surface area contributed by atoms with Gasteiger partial charge in [0.1, 0.15) is 6.04 Å². The van der Waals surface area contributed by atoms with Crippen LogP contribution < -0.4 is 10.6 Å². The van der Waals surface area contributed by atoms with Crippen LogP contribution in [0, 0.1) is 23.0 Å². The van der Waals surface area contributed by atoms with Crippen LogP contribution in [0.15, 0.2) is 18.2 Å². The molecular weight excluding hydrogens is 278 g/mol. The molecule has 0 saturated carbocycles. The topological polar surface area (TPSA) is 122 Å². The SMILES string of the molecule is Cc1cc([N+](=O)[O-])ccc1NC(=O)N[C@@H](C(=O)O)C(C)C. The van der Waals surface area contributed by atoms with Crippen LogP contribution in [0.5, 0.6) is 0 Å². The highest BCUT2D eigenvalue weighted by Crippen LogP contribution is 2.21. The molecule has 114 valence electrons. The van der Waals surface area contributed by atoms with Crippen molar-refractivity contribution in [1.82, 2.24) is 5.32 Å². The van der Waals surface area contributed by atoms with E-state index in [4.69, 9.17) is 5.11 Å². The number of nitrogens with one attached hydrogen (secondary N) is 2. The molecule has 0 aliphatic carbocycles. The maximum Gasteiger partial charge on any atom is 0.326 e. The van der Waals surface area contributed by atoms with Crippen LogP contribution in [0.2, 0.25) is 0 Å². The number of amides is 2. The van der Waals surface area contributed by atoms with Crippen LogP contribution in [0.1, 0.15) is 19.4 Å². The molecule has 8 nitrogen and oxygen atoms in total. The molecule has 0 unspecified atom stereocenters. The Morgan fingerprint density at radius 2 is 1.95 bits per heavy atom. The second kappa shape index (κ2) is 6.69. The van der Waals surface area contributed by atoms with E-state index in [1.165, 1.54) is 18.2 Å². The van der Waals surface area contributed by atoms with E-state index in [9.17, 15) is 19.7 Å². The first-order valence-corrected chi connectivity index (χ1v) is 6.27. The Kier molecular flexibility index (Phi) is 5.23. The smallest absolute Gasteiger partial charge is 0.326 e. The van der Waals surface area contributed by atoms with Gasteiger partial charge in [-0.05, 0) is 24.5 Å². The summed E-state index contributed by atoms with van der Waals surface area (Å²) in [7, 11) is 0. The number of aliphatic carboxylic acids is 1. The quantitative estimate of drug-likeness (QED) is 0.567. The first-order chi connectivity index (χ1) is 9.72. The molecule has 0 aliphatic rings. The van der Waals surface area contributed by atoms with Crippen molar-refractivity contribution < 1.29 is 19.6 Å². The molecule has 0 aromatic heterocycles. The lowest BCUT2D eigenvalue weighted by molar-refractivity contribution is -0.384. The van der Waals surface area contributed by atoms with Gasteiger partial charge in [-0.25, -0.2) is 9.59 Å². The number of aryl methyl sites for hydroxylation is 1. The molecule has 0 aliphatic heterocycles. The Labute approximate surface area is 121 Å². The summed E-state index contributed by atoms with van der Waals surface area (Å²) >= 11 is 0. The Balaban J connectivity index is 2.79. The highest BCUT2D eigenvalue weighted by Gasteiger charge is 2.23. The van der Waals surface area contributed by atoms with Crippen LogP contribution in [0.4, 0.5) is 16.2 Å². The van der Waals surface area contributed by atoms with Crippen LogP contribution >= 0.6 is 0 Å². The zero-order chi connectivity index (χ0) is 16.2. The third kappa shape index (κ3) is 4.44. The summed E-state index contributed by atoms with van der Waals surface area (Å²) in [5, 5.41) is 24.4. The maximum absolute atomic E-state index is 11.8. The molecule has 0 spiro atoms. The molecule has 21 heavy (non-hydrogen) atoms. The first-order valence-electron chi connectivity index (χ1n) is 6.27. The number of non-ortho nitro benzene ring substituents is 1. The highest BCUT2D eigenvalue weighted by atomic mass is 16.6. The maximum atomic E-state index is 11.8. The number of nitro benzene ring substituents is 1. The number of rotatable bonds is 5. The zero-order valence-electron chi connectivity index (χ0n) is 11.9. The number of carboxylic acids is 1. The van der Waals surface area contributed by atoms with Crippen LogP contribution in [-0.2, 0) is 4.79 Å². The van der Waals surface area contributed by atoms with Crippen LogP contribution in [-0.4, -0.2) is 28.1 Å². The molecule has 3 N–H and O–H groups in total. The number of nitro groups is 1. The number of nitrogens with zero attached hydrogens (tertiary/aromatic N) is 1.